The Hall–Kier alpha value is -2.07. The Morgan fingerprint density at radius 1 is 1.42 bits per heavy atom. The van der Waals surface area contributed by atoms with Crippen LogP contribution in [0.5, 0.6) is 0 Å². The number of carbonyl (C=O) groups is 1. The lowest BCUT2D eigenvalue weighted by Gasteiger charge is -1.97. The molecule has 0 aromatic carbocycles. The molecule has 1 N–H and O–H groups in total. The van der Waals surface area contributed by atoms with Crippen LogP contribution < -0.4 is 0 Å². The van der Waals surface area contributed by atoms with E-state index in [1.54, 1.807) is 12.1 Å². The molecule has 12 heavy (non-hydrogen) atoms. The highest BCUT2D eigenvalue weighted by Gasteiger charge is 2.10. The van der Waals surface area contributed by atoms with Crippen molar-refractivity contribution < 1.29 is 9.90 Å². The van der Waals surface area contributed by atoms with Crippen LogP contribution in [0.2, 0.25) is 0 Å². The lowest BCUT2D eigenvalue weighted by Crippen LogP contribution is -2.01. The van der Waals surface area contributed by atoms with E-state index in [4.69, 9.17) is 15.6 Å². The van der Waals surface area contributed by atoms with Crippen LogP contribution in [0.4, 0.5) is 0 Å². The van der Waals surface area contributed by atoms with E-state index in [2.05, 4.69) is 6.58 Å². The largest absolute Gasteiger partial charge is 0.478 e. The van der Waals surface area contributed by atoms with Gasteiger partial charge in [0, 0.05) is 0 Å². The van der Waals surface area contributed by atoms with Crippen molar-refractivity contribution in [2.45, 2.75) is 6.92 Å². The first-order chi connectivity index (χ1) is 5.54. The molecule has 0 saturated carbocycles. The molecule has 0 aromatic rings. The van der Waals surface area contributed by atoms with Crippen LogP contribution >= 0.6 is 0 Å². The zero-order valence-electron chi connectivity index (χ0n) is 6.46. The molecule has 0 aliphatic carbocycles. The zero-order chi connectivity index (χ0) is 9.72. The highest BCUT2D eigenvalue weighted by molar-refractivity contribution is 5.91. The number of carboxylic acid groups (broad SMARTS) is 1. The van der Waals surface area contributed by atoms with E-state index in [0.717, 1.165) is 0 Å². The topological polar surface area (TPSA) is 84.9 Å². The van der Waals surface area contributed by atoms with E-state index >= 15 is 0 Å². The summed E-state index contributed by atoms with van der Waals surface area (Å²) in [5.74, 6) is -1.23. The summed E-state index contributed by atoms with van der Waals surface area (Å²) in [5, 5.41) is 25.2. The molecule has 0 unspecified atom stereocenters. The molecule has 0 saturated heterocycles. The molecule has 0 aliphatic rings. The predicted molar refractivity (Wildman–Crippen MR) is 40.7 cm³/mol. The van der Waals surface area contributed by atoms with Crippen molar-refractivity contribution in [2.75, 3.05) is 0 Å². The zero-order valence-corrected chi connectivity index (χ0v) is 6.46. The molecule has 4 heteroatoms. The molecule has 0 atom stereocenters. The summed E-state index contributed by atoms with van der Waals surface area (Å²) >= 11 is 0. The van der Waals surface area contributed by atoms with Crippen LogP contribution in [-0.2, 0) is 4.79 Å². The third kappa shape index (κ3) is 1.96. The summed E-state index contributed by atoms with van der Waals surface area (Å²) < 4.78 is 0. The average Bonchev–Trinajstić information content (AvgIpc) is 2.05. The summed E-state index contributed by atoms with van der Waals surface area (Å²) in [4.78, 5) is 10.3. The lowest BCUT2D eigenvalue weighted by molar-refractivity contribution is -0.132. The van der Waals surface area contributed by atoms with Crippen molar-refractivity contribution in [3.05, 3.63) is 23.3 Å². The van der Waals surface area contributed by atoms with Gasteiger partial charge in [0.05, 0.1) is 5.57 Å². The van der Waals surface area contributed by atoms with Crippen LogP contribution in [0.25, 0.3) is 0 Å². The first-order valence-corrected chi connectivity index (χ1v) is 2.98. The molecule has 0 radical (unpaired) electrons. The molecule has 0 heterocycles. The summed E-state index contributed by atoms with van der Waals surface area (Å²) in [6, 6.07) is 3.16. The number of aliphatic carboxylic acids is 1. The molecule has 0 amide bonds. The summed E-state index contributed by atoms with van der Waals surface area (Å²) in [6.45, 7) is 4.58. The van der Waals surface area contributed by atoms with Crippen molar-refractivity contribution in [3.8, 4) is 12.1 Å². The first-order valence-electron chi connectivity index (χ1n) is 2.98. The minimum atomic E-state index is -1.23. The maximum atomic E-state index is 10.3. The molecule has 0 aliphatic heterocycles. The number of allylic oxidation sites excluding steroid dienone is 1. The van der Waals surface area contributed by atoms with Gasteiger partial charge in [0.15, 0.2) is 0 Å². The second kappa shape index (κ2) is 3.95. The van der Waals surface area contributed by atoms with E-state index < -0.39 is 5.97 Å². The van der Waals surface area contributed by atoms with Gasteiger partial charge >= 0.3 is 5.97 Å². The van der Waals surface area contributed by atoms with E-state index in [9.17, 15) is 4.79 Å². The summed E-state index contributed by atoms with van der Waals surface area (Å²) in [5.41, 5.74) is -0.344. The van der Waals surface area contributed by atoms with Gasteiger partial charge in [0.2, 0.25) is 0 Å². The Kier molecular flexibility index (Phi) is 3.27. The van der Waals surface area contributed by atoms with Crippen LogP contribution in [-0.4, -0.2) is 11.1 Å². The second-order valence-electron chi connectivity index (χ2n) is 2.01. The molecule has 60 valence electrons. The normalized spacial score (nSPS) is 7.58. The molecule has 0 bridgehead atoms. The van der Waals surface area contributed by atoms with Crippen molar-refractivity contribution in [3.63, 3.8) is 0 Å². The van der Waals surface area contributed by atoms with Gasteiger partial charge in [-0.15, -0.1) is 0 Å². The number of hydrogen-bond acceptors (Lipinski definition) is 3. The highest BCUT2D eigenvalue weighted by atomic mass is 16.4. The van der Waals surface area contributed by atoms with Gasteiger partial charge in [-0.2, -0.15) is 10.5 Å². The Labute approximate surface area is 69.7 Å². The van der Waals surface area contributed by atoms with Gasteiger partial charge in [-0.1, -0.05) is 6.58 Å². The van der Waals surface area contributed by atoms with Gasteiger partial charge in [-0.3, -0.25) is 0 Å². The molecular weight excluding hydrogens is 156 g/mol. The average molecular weight is 162 g/mol. The number of rotatable bonds is 2. The molecule has 0 fully saturated rings. The molecule has 0 rings (SSSR count). The Bertz CT molecular complexity index is 323. The Morgan fingerprint density at radius 2 is 1.83 bits per heavy atom. The predicted octanol–water partition coefficient (Wildman–Crippen LogP) is 0.991. The Balaban J connectivity index is 5.09. The monoisotopic (exact) mass is 162 g/mol. The lowest BCUT2D eigenvalue weighted by atomic mass is 10.1. The van der Waals surface area contributed by atoms with Crippen molar-refractivity contribution >= 4 is 5.97 Å². The number of hydrogen-bond donors (Lipinski definition) is 1. The minimum Gasteiger partial charge on any atom is -0.478 e. The van der Waals surface area contributed by atoms with Crippen LogP contribution in [0.3, 0.4) is 0 Å². The number of nitrogens with zero attached hydrogens (tertiary/aromatic N) is 2. The SMILES string of the molecule is C=C(C(=O)O)C(C)=C(C#N)C#N. The molecule has 0 spiro atoms. The molecular formula is C8H6N2O2. The van der Waals surface area contributed by atoms with Gasteiger partial charge in [-0.05, 0) is 12.5 Å². The summed E-state index contributed by atoms with van der Waals surface area (Å²) in [7, 11) is 0. The Morgan fingerprint density at radius 3 is 2.08 bits per heavy atom. The van der Waals surface area contributed by atoms with Gasteiger partial charge in [-0.25, -0.2) is 4.79 Å². The summed E-state index contributed by atoms with van der Waals surface area (Å²) in [6.07, 6.45) is 0. The maximum absolute atomic E-state index is 10.3. The quantitative estimate of drug-likeness (QED) is 0.372. The van der Waals surface area contributed by atoms with E-state index in [0.29, 0.717) is 0 Å². The maximum Gasteiger partial charge on any atom is 0.335 e. The van der Waals surface area contributed by atoms with E-state index in [1.807, 2.05) is 0 Å². The third-order valence-electron chi connectivity index (χ3n) is 1.31. The minimum absolute atomic E-state index is 0.104. The van der Waals surface area contributed by atoms with Crippen molar-refractivity contribution in [1.29, 1.82) is 10.5 Å². The second-order valence-corrected chi connectivity index (χ2v) is 2.01. The van der Waals surface area contributed by atoms with Gasteiger partial charge in [0.1, 0.15) is 17.7 Å². The number of carboxylic acids is 1. The van der Waals surface area contributed by atoms with E-state index in [1.165, 1.54) is 6.92 Å². The van der Waals surface area contributed by atoms with Gasteiger partial charge in [0.25, 0.3) is 0 Å². The first kappa shape index (κ1) is 9.93. The van der Waals surface area contributed by atoms with Crippen LogP contribution in [0.1, 0.15) is 6.92 Å². The fourth-order valence-corrected chi connectivity index (χ4v) is 0.504. The van der Waals surface area contributed by atoms with Crippen molar-refractivity contribution in [1.82, 2.24) is 0 Å². The van der Waals surface area contributed by atoms with Gasteiger partial charge < -0.3 is 5.11 Å². The molecule has 4 nitrogen and oxygen atoms in total. The smallest absolute Gasteiger partial charge is 0.335 e. The van der Waals surface area contributed by atoms with Crippen molar-refractivity contribution in [2.24, 2.45) is 0 Å². The third-order valence-corrected chi connectivity index (χ3v) is 1.31. The standard InChI is InChI=1S/C8H6N2O2/c1-5(6(2)8(11)12)7(3-9)4-10/h2H2,1H3,(H,11,12). The van der Waals surface area contributed by atoms with E-state index in [-0.39, 0.29) is 16.7 Å². The fourth-order valence-electron chi connectivity index (χ4n) is 0.504. The fraction of sp³-hybridized carbons (Fsp3) is 0.125. The van der Waals surface area contributed by atoms with Crippen LogP contribution in [0.15, 0.2) is 23.3 Å². The molecule has 0 aromatic heterocycles. The van der Waals surface area contributed by atoms with Crippen LogP contribution in [0, 0.1) is 22.7 Å². The number of nitriles is 2. The highest BCUT2D eigenvalue weighted by Crippen LogP contribution is 2.11.